The molecule has 0 aliphatic rings. The first-order chi connectivity index (χ1) is 23.8. The van der Waals surface area contributed by atoms with E-state index in [1.807, 2.05) is 0 Å². The quantitative estimate of drug-likeness (QED) is 0.188. The highest BCUT2D eigenvalue weighted by molar-refractivity contribution is 6.12. The first-order valence-electron chi connectivity index (χ1n) is 16.5. The zero-order valence-corrected chi connectivity index (χ0v) is 26.2. The van der Waals surface area contributed by atoms with Gasteiger partial charge in [0.15, 0.2) is 0 Å². The van der Waals surface area contributed by atoms with Gasteiger partial charge in [-0.1, -0.05) is 133 Å². The van der Waals surface area contributed by atoms with Crippen molar-refractivity contribution in [3.05, 3.63) is 182 Å². The molecule has 0 N–H and O–H groups in total. The van der Waals surface area contributed by atoms with Gasteiger partial charge in [0.1, 0.15) is 0 Å². The second kappa shape index (κ2) is 10.6. The summed E-state index contributed by atoms with van der Waals surface area (Å²) in [6.07, 6.45) is 0. The van der Waals surface area contributed by atoms with Gasteiger partial charge in [-0.2, -0.15) is 0 Å². The lowest BCUT2D eigenvalue weighted by Gasteiger charge is -2.12. The lowest BCUT2D eigenvalue weighted by molar-refractivity contribution is 1.18. The van der Waals surface area contributed by atoms with E-state index in [0.29, 0.717) is 0 Å². The van der Waals surface area contributed by atoms with E-state index in [0.717, 1.165) is 5.69 Å². The molecule has 2 nitrogen and oxygen atoms in total. The first kappa shape index (κ1) is 26.8. The van der Waals surface area contributed by atoms with Gasteiger partial charge in [-0.25, -0.2) is 0 Å². The maximum absolute atomic E-state index is 2.42. The Morgan fingerprint density at radius 1 is 0.271 bits per heavy atom. The van der Waals surface area contributed by atoms with Crippen LogP contribution in [-0.2, 0) is 0 Å². The molecule has 0 amide bonds. The zero-order chi connectivity index (χ0) is 31.6. The van der Waals surface area contributed by atoms with Crippen molar-refractivity contribution in [2.75, 3.05) is 0 Å². The van der Waals surface area contributed by atoms with E-state index >= 15 is 0 Å². The molecule has 0 bridgehead atoms. The minimum absolute atomic E-state index is 1.15. The average Bonchev–Trinajstić information content (AvgIpc) is 3.67. The molecule has 2 heteroatoms. The van der Waals surface area contributed by atoms with Crippen LogP contribution in [0, 0.1) is 0 Å². The van der Waals surface area contributed by atoms with E-state index in [2.05, 4.69) is 191 Å². The molecule has 0 saturated heterocycles. The molecular weight excluding hydrogens is 581 g/mol. The molecule has 10 aromatic rings. The van der Waals surface area contributed by atoms with Crippen LogP contribution in [0.5, 0.6) is 0 Å². The minimum Gasteiger partial charge on any atom is -0.309 e. The van der Waals surface area contributed by atoms with Crippen molar-refractivity contribution in [2.24, 2.45) is 0 Å². The molecule has 0 saturated carbocycles. The Labute approximate surface area is 278 Å². The Morgan fingerprint density at radius 3 is 1.35 bits per heavy atom. The summed E-state index contributed by atoms with van der Waals surface area (Å²) in [5.41, 5.74) is 12.1. The molecule has 0 atom stereocenters. The SMILES string of the molecule is c1ccc(-n2c3ccccc3c3ccc(-c4ccc5c6ccccc6n(-c6ccc(-c7cccc8ccccc78)cc6)c5c4)cc32)cc1. The standard InChI is InChI=1S/C46H30N2/c1-2-13-35(14-3-1)47-43-19-8-6-16-39(43)41-27-23-33(29-45(41)47)34-24-28-42-40-17-7-9-20-44(40)48(46(42)30-34)36-25-21-32(22-26-36)38-18-10-12-31-11-4-5-15-37(31)38/h1-30H. The smallest absolute Gasteiger partial charge is 0.0547 e. The molecule has 0 spiro atoms. The van der Waals surface area contributed by atoms with Gasteiger partial charge in [0.2, 0.25) is 0 Å². The molecule has 0 radical (unpaired) electrons. The van der Waals surface area contributed by atoms with Crippen molar-refractivity contribution >= 4 is 54.4 Å². The van der Waals surface area contributed by atoms with Gasteiger partial charge >= 0.3 is 0 Å². The minimum atomic E-state index is 1.15. The van der Waals surface area contributed by atoms with E-state index < -0.39 is 0 Å². The zero-order valence-electron chi connectivity index (χ0n) is 26.2. The van der Waals surface area contributed by atoms with Gasteiger partial charge in [0, 0.05) is 32.9 Å². The maximum Gasteiger partial charge on any atom is 0.0547 e. The number of benzene rings is 8. The highest BCUT2D eigenvalue weighted by atomic mass is 15.0. The van der Waals surface area contributed by atoms with Crippen molar-refractivity contribution in [1.82, 2.24) is 9.13 Å². The Balaban J connectivity index is 1.15. The summed E-state index contributed by atoms with van der Waals surface area (Å²) in [5, 5.41) is 7.59. The lowest BCUT2D eigenvalue weighted by Crippen LogP contribution is -1.94. The molecule has 2 aromatic heterocycles. The molecule has 224 valence electrons. The molecule has 0 fully saturated rings. The van der Waals surface area contributed by atoms with Crippen LogP contribution < -0.4 is 0 Å². The van der Waals surface area contributed by atoms with Crippen LogP contribution in [0.3, 0.4) is 0 Å². The van der Waals surface area contributed by atoms with Crippen LogP contribution in [0.1, 0.15) is 0 Å². The average molecular weight is 611 g/mol. The van der Waals surface area contributed by atoms with Gasteiger partial charge in [-0.15, -0.1) is 0 Å². The van der Waals surface area contributed by atoms with E-state index in [4.69, 9.17) is 0 Å². The van der Waals surface area contributed by atoms with Crippen LogP contribution in [0.4, 0.5) is 0 Å². The van der Waals surface area contributed by atoms with Crippen molar-refractivity contribution in [3.8, 4) is 33.6 Å². The summed E-state index contributed by atoms with van der Waals surface area (Å²) in [7, 11) is 0. The van der Waals surface area contributed by atoms with Crippen molar-refractivity contribution < 1.29 is 0 Å². The summed E-state index contributed by atoms with van der Waals surface area (Å²) < 4.78 is 4.81. The van der Waals surface area contributed by atoms with Crippen molar-refractivity contribution in [1.29, 1.82) is 0 Å². The van der Waals surface area contributed by atoms with Crippen LogP contribution >= 0.6 is 0 Å². The summed E-state index contributed by atoms with van der Waals surface area (Å²) in [4.78, 5) is 0. The Morgan fingerprint density at radius 2 is 0.729 bits per heavy atom. The Hall–Kier alpha value is -6.38. The number of fused-ring (bicyclic) bond motifs is 7. The second-order valence-corrected chi connectivity index (χ2v) is 12.6. The first-order valence-corrected chi connectivity index (χ1v) is 16.5. The number of para-hydroxylation sites is 3. The second-order valence-electron chi connectivity index (χ2n) is 12.6. The topological polar surface area (TPSA) is 9.86 Å². The highest BCUT2D eigenvalue weighted by Crippen LogP contribution is 2.38. The normalized spacial score (nSPS) is 11.8. The third kappa shape index (κ3) is 4.06. The third-order valence-electron chi connectivity index (χ3n) is 9.92. The van der Waals surface area contributed by atoms with Crippen LogP contribution in [0.25, 0.3) is 88.0 Å². The largest absolute Gasteiger partial charge is 0.309 e. The van der Waals surface area contributed by atoms with E-state index in [1.54, 1.807) is 0 Å². The molecule has 0 aliphatic heterocycles. The molecule has 10 rings (SSSR count). The predicted molar refractivity (Wildman–Crippen MR) is 203 cm³/mol. The maximum atomic E-state index is 2.42. The lowest BCUT2D eigenvalue weighted by atomic mass is 9.98. The van der Waals surface area contributed by atoms with E-state index in [1.165, 1.54) is 82.3 Å². The summed E-state index contributed by atoms with van der Waals surface area (Å²) in [6.45, 7) is 0. The molecule has 48 heavy (non-hydrogen) atoms. The van der Waals surface area contributed by atoms with Gasteiger partial charge in [0.25, 0.3) is 0 Å². The fraction of sp³-hybridized carbons (Fsp3) is 0. The molecular formula is C46H30N2. The van der Waals surface area contributed by atoms with Crippen molar-refractivity contribution in [2.45, 2.75) is 0 Å². The molecule has 0 unspecified atom stereocenters. The summed E-state index contributed by atoms with van der Waals surface area (Å²) >= 11 is 0. The number of hydrogen-bond donors (Lipinski definition) is 0. The van der Waals surface area contributed by atoms with E-state index in [9.17, 15) is 0 Å². The third-order valence-corrected chi connectivity index (χ3v) is 9.92. The number of rotatable bonds is 4. The van der Waals surface area contributed by atoms with Gasteiger partial charge in [-0.05, 0) is 81.6 Å². The van der Waals surface area contributed by atoms with Gasteiger partial charge in [-0.3, -0.25) is 0 Å². The van der Waals surface area contributed by atoms with Crippen LogP contribution in [0.2, 0.25) is 0 Å². The Bertz CT molecular complexity index is 2810. The predicted octanol–water partition coefficient (Wildman–Crippen LogP) is 12.4. The van der Waals surface area contributed by atoms with Crippen LogP contribution in [-0.4, -0.2) is 9.13 Å². The summed E-state index contributed by atoms with van der Waals surface area (Å²) in [6, 6.07) is 66.2. The number of aromatic nitrogens is 2. The number of hydrogen-bond acceptors (Lipinski definition) is 0. The number of nitrogens with zero attached hydrogens (tertiary/aromatic N) is 2. The highest BCUT2D eigenvalue weighted by Gasteiger charge is 2.16. The molecule has 2 heterocycles. The molecule has 8 aromatic carbocycles. The van der Waals surface area contributed by atoms with Gasteiger partial charge < -0.3 is 9.13 Å². The Kier molecular flexibility index (Phi) is 5.91. The fourth-order valence-corrected chi connectivity index (χ4v) is 7.70. The molecule has 0 aliphatic carbocycles. The van der Waals surface area contributed by atoms with Crippen LogP contribution in [0.15, 0.2) is 182 Å². The van der Waals surface area contributed by atoms with Crippen molar-refractivity contribution in [3.63, 3.8) is 0 Å². The summed E-state index contributed by atoms with van der Waals surface area (Å²) in [5.74, 6) is 0. The monoisotopic (exact) mass is 610 g/mol. The fourth-order valence-electron chi connectivity index (χ4n) is 7.70. The van der Waals surface area contributed by atoms with Gasteiger partial charge in [0.05, 0.1) is 22.1 Å². The van der Waals surface area contributed by atoms with E-state index in [-0.39, 0.29) is 0 Å².